The maximum Gasteiger partial charge on any atom is 0.338 e. The van der Waals surface area contributed by atoms with E-state index in [9.17, 15) is 9.18 Å². The predicted octanol–water partition coefficient (Wildman–Crippen LogP) is 0.633. The Kier molecular flexibility index (Phi) is 2.33. The van der Waals surface area contributed by atoms with Crippen molar-refractivity contribution < 1.29 is 14.3 Å². The van der Waals surface area contributed by atoms with E-state index in [1.54, 1.807) is 0 Å². The van der Waals surface area contributed by atoms with Crippen molar-refractivity contribution in [3.63, 3.8) is 0 Å². The average Bonchev–Trinajstić information content (AvgIpc) is 1.65. The molecule has 0 rings (SSSR count). The number of aliphatic carboxylic acids is 1. The van der Waals surface area contributed by atoms with Crippen LogP contribution < -0.4 is 0 Å². The van der Waals surface area contributed by atoms with Crippen LogP contribution in [0.5, 0.6) is 0 Å². The summed E-state index contributed by atoms with van der Waals surface area (Å²) in [4.78, 5) is 9.52. The first-order chi connectivity index (χ1) is 3.18. The van der Waals surface area contributed by atoms with Crippen LogP contribution >= 0.6 is 0 Å². The van der Waals surface area contributed by atoms with Crippen LogP contribution in [-0.2, 0) is 4.79 Å². The second-order valence-electron chi connectivity index (χ2n) is 1.09. The van der Waals surface area contributed by atoms with Gasteiger partial charge in [0.1, 0.15) is 0 Å². The van der Waals surface area contributed by atoms with Gasteiger partial charge in [-0.25, -0.2) is 9.18 Å². The highest BCUT2D eigenvalue weighted by Gasteiger charge is 2.10. The highest BCUT2D eigenvalue weighted by Crippen LogP contribution is 1.93. The molecule has 0 bridgehead atoms. The van der Waals surface area contributed by atoms with Crippen molar-refractivity contribution in [1.29, 1.82) is 0 Å². The van der Waals surface area contributed by atoms with Gasteiger partial charge in [0.05, 0.1) is 0 Å². The average molecular weight is 105 g/mol. The number of carbonyl (C=O) groups is 1. The number of hydrogen-bond donors (Lipinski definition) is 1. The van der Waals surface area contributed by atoms with Gasteiger partial charge in [-0.15, -0.1) is 0 Å². The Morgan fingerprint density at radius 2 is 2.43 bits per heavy atom. The zero-order chi connectivity index (χ0) is 5.86. The molecular formula is C4H6FO2. The monoisotopic (exact) mass is 105 g/mol. The van der Waals surface area contributed by atoms with Crippen molar-refractivity contribution in [2.75, 3.05) is 0 Å². The molecule has 0 saturated heterocycles. The summed E-state index contributed by atoms with van der Waals surface area (Å²) in [5.41, 5.74) is 0. The maximum absolute atomic E-state index is 11.6. The molecule has 0 aliphatic rings. The van der Waals surface area contributed by atoms with E-state index in [-0.39, 0.29) is 6.42 Å². The second kappa shape index (κ2) is 2.55. The summed E-state index contributed by atoms with van der Waals surface area (Å²) in [7, 11) is 0. The SMILES string of the molecule is [CH2]CC(F)C(=O)O. The smallest absolute Gasteiger partial charge is 0.338 e. The van der Waals surface area contributed by atoms with Crippen molar-refractivity contribution in [2.24, 2.45) is 0 Å². The first-order valence-electron chi connectivity index (χ1n) is 1.84. The van der Waals surface area contributed by atoms with Crippen molar-refractivity contribution in [3.8, 4) is 0 Å². The number of alkyl halides is 1. The molecule has 7 heavy (non-hydrogen) atoms. The normalized spacial score (nSPS) is 13.4. The molecule has 0 amide bonds. The molecule has 3 heteroatoms. The molecule has 0 aliphatic carbocycles. The third-order valence-electron chi connectivity index (χ3n) is 0.521. The molecule has 0 aromatic carbocycles. The van der Waals surface area contributed by atoms with E-state index in [4.69, 9.17) is 5.11 Å². The topological polar surface area (TPSA) is 37.3 Å². The number of carboxylic acids is 1. The third kappa shape index (κ3) is 2.14. The van der Waals surface area contributed by atoms with Gasteiger partial charge in [0.2, 0.25) is 0 Å². The minimum Gasteiger partial charge on any atom is -0.479 e. The van der Waals surface area contributed by atoms with E-state index in [0.29, 0.717) is 0 Å². The number of rotatable bonds is 2. The standard InChI is InChI=1S/C4H6FO2/c1-2-3(5)4(6)7/h3H,1-2H2,(H,6,7). The molecule has 0 heterocycles. The van der Waals surface area contributed by atoms with Crippen LogP contribution in [-0.4, -0.2) is 17.2 Å². The minimum absolute atomic E-state index is 0.199. The van der Waals surface area contributed by atoms with E-state index in [0.717, 1.165) is 0 Å². The lowest BCUT2D eigenvalue weighted by molar-refractivity contribution is -0.142. The lowest BCUT2D eigenvalue weighted by Crippen LogP contribution is -2.12. The molecule has 0 saturated carbocycles. The van der Waals surface area contributed by atoms with Crippen LogP contribution in [0.4, 0.5) is 4.39 Å². The van der Waals surface area contributed by atoms with Crippen LogP contribution in [0.15, 0.2) is 0 Å². The Bertz CT molecular complexity index is 72.1. The summed E-state index contributed by atoms with van der Waals surface area (Å²) in [6, 6.07) is 0. The van der Waals surface area contributed by atoms with Crippen molar-refractivity contribution in [2.45, 2.75) is 12.6 Å². The van der Waals surface area contributed by atoms with E-state index >= 15 is 0 Å². The molecular weight excluding hydrogens is 99.0 g/mol. The number of halogens is 1. The molecule has 0 spiro atoms. The Morgan fingerprint density at radius 1 is 2.00 bits per heavy atom. The Morgan fingerprint density at radius 3 is 2.43 bits per heavy atom. The highest BCUT2D eigenvalue weighted by atomic mass is 19.1. The summed E-state index contributed by atoms with van der Waals surface area (Å²) < 4.78 is 11.6. The van der Waals surface area contributed by atoms with E-state index in [1.165, 1.54) is 0 Å². The van der Waals surface area contributed by atoms with Gasteiger partial charge in [-0.1, -0.05) is 0 Å². The van der Waals surface area contributed by atoms with Gasteiger partial charge >= 0.3 is 5.97 Å². The molecule has 0 aliphatic heterocycles. The van der Waals surface area contributed by atoms with E-state index in [1.807, 2.05) is 0 Å². The quantitative estimate of drug-likeness (QED) is 0.559. The van der Waals surface area contributed by atoms with Crippen LogP contribution in [0.3, 0.4) is 0 Å². The maximum atomic E-state index is 11.6. The van der Waals surface area contributed by atoms with Crippen molar-refractivity contribution >= 4 is 5.97 Å². The summed E-state index contributed by atoms with van der Waals surface area (Å²) in [5.74, 6) is -1.44. The molecule has 1 unspecified atom stereocenters. The third-order valence-corrected chi connectivity index (χ3v) is 0.521. The Hall–Kier alpha value is -0.600. The fourth-order valence-corrected chi connectivity index (χ4v) is 0.123. The summed E-state index contributed by atoms with van der Waals surface area (Å²) in [5, 5.41) is 7.77. The molecule has 2 nitrogen and oxygen atoms in total. The summed E-state index contributed by atoms with van der Waals surface area (Å²) in [6.07, 6.45) is -1.99. The van der Waals surface area contributed by atoms with Gasteiger partial charge in [0.15, 0.2) is 6.17 Å². The molecule has 41 valence electrons. The number of hydrogen-bond acceptors (Lipinski definition) is 1. The van der Waals surface area contributed by atoms with Crippen LogP contribution in [0.1, 0.15) is 6.42 Å². The Labute approximate surface area is 41.0 Å². The first-order valence-corrected chi connectivity index (χ1v) is 1.84. The van der Waals surface area contributed by atoms with Gasteiger partial charge in [-0.3, -0.25) is 0 Å². The Balaban J connectivity index is 3.34. The molecule has 0 fully saturated rings. The zero-order valence-corrected chi connectivity index (χ0v) is 3.72. The summed E-state index contributed by atoms with van der Waals surface area (Å²) >= 11 is 0. The van der Waals surface area contributed by atoms with Crippen molar-refractivity contribution in [1.82, 2.24) is 0 Å². The van der Waals surface area contributed by atoms with Gasteiger partial charge in [0.25, 0.3) is 0 Å². The van der Waals surface area contributed by atoms with Gasteiger partial charge in [0, 0.05) is 0 Å². The fourth-order valence-electron chi connectivity index (χ4n) is 0.123. The largest absolute Gasteiger partial charge is 0.479 e. The minimum atomic E-state index is -1.79. The second-order valence-corrected chi connectivity index (χ2v) is 1.09. The molecule has 0 aromatic rings. The van der Waals surface area contributed by atoms with Crippen LogP contribution in [0, 0.1) is 6.92 Å². The van der Waals surface area contributed by atoms with Gasteiger partial charge in [-0.05, 0) is 13.3 Å². The first kappa shape index (κ1) is 6.40. The van der Waals surface area contributed by atoms with Gasteiger partial charge in [-0.2, -0.15) is 0 Å². The van der Waals surface area contributed by atoms with E-state index < -0.39 is 12.1 Å². The molecule has 1 N–H and O–H groups in total. The lowest BCUT2D eigenvalue weighted by atomic mass is 10.3. The van der Waals surface area contributed by atoms with Crippen LogP contribution in [0.2, 0.25) is 0 Å². The number of carboxylic acid groups (broad SMARTS) is 1. The lowest BCUT2D eigenvalue weighted by Gasteiger charge is -1.92. The van der Waals surface area contributed by atoms with E-state index in [2.05, 4.69) is 6.92 Å². The fraction of sp³-hybridized carbons (Fsp3) is 0.500. The van der Waals surface area contributed by atoms with Crippen LogP contribution in [0.25, 0.3) is 0 Å². The predicted molar refractivity (Wildman–Crippen MR) is 22.5 cm³/mol. The zero-order valence-electron chi connectivity index (χ0n) is 3.72. The summed E-state index contributed by atoms with van der Waals surface area (Å²) in [6.45, 7) is 3.05. The van der Waals surface area contributed by atoms with Crippen molar-refractivity contribution in [3.05, 3.63) is 6.92 Å². The molecule has 1 atom stereocenters. The molecule has 1 radical (unpaired) electrons. The molecule has 0 aromatic heterocycles. The highest BCUT2D eigenvalue weighted by molar-refractivity contribution is 5.71. The van der Waals surface area contributed by atoms with Gasteiger partial charge < -0.3 is 5.11 Å².